The van der Waals surface area contributed by atoms with Gasteiger partial charge in [-0.1, -0.05) is 12.1 Å². The molecular weight excluding hydrogens is 586 g/mol. The molecule has 6 aromatic rings. The lowest BCUT2D eigenvalue weighted by atomic mass is 10.1. The molecule has 0 bridgehead atoms. The molecule has 0 unspecified atom stereocenters. The monoisotopic (exact) mass is 615 g/mol. The van der Waals surface area contributed by atoms with Crippen LogP contribution in [0.2, 0.25) is 0 Å². The van der Waals surface area contributed by atoms with Crippen LogP contribution in [0.3, 0.4) is 0 Å². The van der Waals surface area contributed by atoms with Crippen molar-refractivity contribution in [2.75, 3.05) is 24.3 Å². The van der Waals surface area contributed by atoms with Crippen molar-refractivity contribution >= 4 is 17.3 Å². The number of nitrogens with zero attached hydrogens (tertiary/aromatic N) is 9. The Hall–Kier alpha value is -6.05. The Morgan fingerprint density at radius 3 is 2.28 bits per heavy atom. The maximum atomic E-state index is 13.0. The van der Waals surface area contributed by atoms with Gasteiger partial charge in [0.15, 0.2) is 23.1 Å². The highest BCUT2D eigenvalue weighted by Gasteiger charge is 2.26. The van der Waals surface area contributed by atoms with Gasteiger partial charge in [-0.25, -0.2) is 4.98 Å². The van der Waals surface area contributed by atoms with Crippen LogP contribution in [0.15, 0.2) is 79.9 Å². The number of nitrogen functional groups attached to an aromatic ring is 1. The fourth-order valence-corrected chi connectivity index (χ4v) is 5.57. The van der Waals surface area contributed by atoms with E-state index in [1.54, 1.807) is 31.2 Å². The number of pyridine rings is 1. The molecule has 0 atom stereocenters. The lowest BCUT2D eigenvalue weighted by Gasteiger charge is -2.13. The standard InChI is InChI=1S/C22H19N7O2.C10H10N4O/c30-22(18-10-15(6-7-23-18)29-11-19(24-12-29)14-4-5-14)26-17-3-1-2-16-20(17)31-9-8-28-13-25-27-21(16)28;11-8-3-1-2-7-9(8)15-5-4-14-6-12-13-10(7)14/h1-3,6-7,10-14H,4-5,8-9H2,(H,26,30);1-3,6H,4-5,11H2. The molecule has 0 radical (unpaired) electrons. The number of amides is 1. The van der Waals surface area contributed by atoms with Crippen LogP contribution in [0.25, 0.3) is 28.5 Å². The predicted molar refractivity (Wildman–Crippen MR) is 168 cm³/mol. The van der Waals surface area contributed by atoms with Crippen molar-refractivity contribution in [2.45, 2.75) is 31.8 Å². The van der Waals surface area contributed by atoms with Gasteiger partial charge in [0.05, 0.1) is 53.3 Å². The minimum Gasteiger partial charge on any atom is -0.489 e. The van der Waals surface area contributed by atoms with Crippen molar-refractivity contribution in [3.63, 3.8) is 0 Å². The van der Waals surface area contributed by atoms with Crippen molar-refractivity contribution in [2.24, 2.45) is 0 Å². The third kappa shape index (κ3) is 5.19. The van der Waals surface area contributed by atoms with E-state index in [9.17, 15) is 4.79 Å². The second kappa shape index (κ2) is 11.5. The van der Waals surface area contributed by atoms with E-state index in [2.05, 4.69) is 35.7 Å². The van der Waals surface area contributed by atoms with Crippen LogP contribution in [0, 0.1) is 0 Å². The number of aromatic nitrogens is 9. The van der Waals surface area contributed by atoms with E-state index < -0.39 is 0 Å². The van der Waals surface area contributed by atoms with E-state index >= 15 is 0 Å². The molecule has 14 nitrogen and oxygen atoms in total. The lowest BCUT2D eigenvalue weighted by Crippen LogP contribution is -2.15. The number of anilines is 2. The van der Waals surface area contributed by atoms with E-state index in [1.165, 1.54) is 12.8 Å². The topological polar surface area (TPSA) is 166 Å². The van der Waals surface area contributed by atoms with Gasteiger partial charge < -0.3 is 34.2 Å². The van der Waals surface area contributed by atoms with Gasteiger partial charge in [0.1, 0.15) is 31.6 Å². The lowest BCUT2D eigenvalue weighted by molar-refractivity contribution is 0.102. The maximum absolute atomic E-state index is 13.0. The summed E-state index contributed by atoms with van der Waals surface area (Å²) in [5, 5.41) is 19.1. The van der Waals surface area contributed by atoms with Crippen molar-refractivity contribution in [3.05, 3.63) is 91.3 Å². The Morgan fingerprint density at radius 1 is 0.848 bits per heavy atom. The molecule has 2 aromatic carbocycles. The molecule has 6 heterocycles. The van der Waals surface area contributed by atoms with Crippen molar-refractivity contribution < 1.29 is 14.3 Å². The van der Waals surface area contributed by atoms with Gasteiger partial charge in [0, 0.05) is 18.3 Å². The first-order valence-corrected chi connectivity index (χ1v) is 15.0. The third-order valence-corrected chi connectivity index (χ3v) is 8.05. The molecule has 0 saturated heterocycles. The van der Waals surface area contributed by atoms with Gasteiger partial charge >= 0.3 is 0 Å². The number of carbonyl (C=O) groups excluding carboxylic acids is 1. The summed E-state index contributed by atoms with van der Waals surface area (Å²) in [6, 6.07) is 14.9. The zero-order chi connectivity index (χ0) is 31.0. The summed E-state index contributed by atoms with van der Waals surface area (Å²) in [5.41, 5.74) is 11.0. The van der Waals surface area contributed by atoms with Crippen molar-refractivity contribution in [1.82, 2.24) is 44.1 Å². The Balaban J connectivity index is 0.000000174. The Kier molecular flexibility index (Phi) is 6.85. The van der Waals surface area contributed by atoms with Gasteiger partial charge in [-0.2, -0.15) is 0 Å². The molecule has 46 heavy (non-hydrogen) atoms. The van der Waals surface area contributed by atoms with Crippen LogP contribution in [0.1, 0.15) is 34.9 Å². The van der Waals surface area contributed by atoms with E-state index in [0.29, 0.717) is 54.2 Å². The number of ether oxygens (including phenoxy) is 2. The van der Waals surface area contributed by atoms with Gasteiger partial charge in [-0.05, 0) is 49.2 Å². The first-order valence-electron chi connectivity index (χ1n) is 15.0. The summed E-state index contributed by atoms with van der Waals surface area (Å²) in [4.78, 5) is 21.7. The summed E-state index contributed by atoms with van der Waals surface area (Å²) in [7, 11) is 0. The van der Waals surface area contributed by atoms with Gasteiger partial charge in [-0.3, -0.25) is 9.78 Å². The largest absolute Gasteiger partial charge is 0.489 e. The highest BCUT2D eigenvalue weighted by atomic mass is 16.5. The van der Waals surface area contributed by atoms with Crippen molar-refractivity contribution in [1.29, 1.82) is 0 Å². The highest BCUT2D eigenvalue weighted by Crippen LogP contribution is 2.40. The molecule has 3 N–H and O–H groups in total. The number of hydrogen-bond donors (Lipinski definition) is 2. The summed E-state index contributed by atoms with van der Waals surface area (Å²) in [6.45, 7) is 2.44. The number of nitrogens with one attached hydrogen (secondary N) is 1. The van der Waals surface area contributed by atoms with E-state index in [-0.39, 0.29) is 5.91 Å². The average molecular weight is 616 g/mol. The van der Waals surface area contributed by atoms with Gasteiger partial charge in [0.25, 0.3) is 5.91 Å². The van der Waals surface area contributed by atoms with Crippen LogP contribution >= 0.6 is 0 Å². The quantitative estimate of drug-likeness (QED) is 0.277. The number of fused-ring (bicyclic) bond motifs is 6. The maximum Gasteiger partial charge on any atom is 0.274 e. The smallest absolute Gasteiger partial charge is 0.274 e. The average Bonchev–Trinajstić information content (AvgIpc) is 3.48. The minimum atomic E-state index is -0.313. The number of rotatable bonds is 4. The molecule has 4 aromatic heterocycles. The van der Waals surface area contributed by atoms with Gasteiger partial charge in [-0.15, -0.1) is 20.4 Å². The normalized spacial score (nSPS) is 14.4. The Bertz CT molecular complexity index is 2060. The van der Waals surface area contributed by atoms with Gasteiger partial charge in [0.2, 0.25) is 0 Å². The SMILES string of the molecule is Nc1cccc2c1OCCn1cnnc1-2.O=C(Nc1cccc2c1OCCn1cnnc1-2)c1cc(-n2cnc(C3CC3)c2)ccn1. The zero-order valence-corrected chi connectivity index (χ0v) is 24.7. The number of nitrogens with two attached hydrogens (primary N) is 1. The van der Waals surface area contributed by atoms with Crippen LogP contribution in [-0.2, 0) is 13.1 Å². The molecule has 0 spiro atoms. The fourth-order valence-electron chi connectivity index (χ4n) is 5.57. The Labute approximate surface area is 262 Å². The molecule has 9 rings (SSSR count). The molecular formula is C32H29N11O3. The minimum absolute atomic E-state index is 0.313. The molecule has 1 amide bonds. The second-order valence-corrected chi connectivity index (χ2v) is 11.1. The Morgan fingerprint density at radius 2 is 1.54 bits per heavy atom. The number of carbonyl (C=O) groups is 1. The molecule has 1 fully saturated rings. The van der Waals surface area contributed by atoms with Crippen LogP contribution in [0.5, 0.6) is 11.5 Å². The highest BCUT2D eigenvalue weighted by molar-refractivity contribution is 6.04. The first-order chi connectivity index (χ1) is 22.6. The zero-order valence-electron chi connectivity index (χ0n) is 24.7. The summed E-state index contributed by atoms with van der Waals surface area (Å²) in [5.74, 6) is 3.09. The second-order valence-electron chi connectivity index (χ2n) is 11.1. The molecule has 3 aliphatic rings. The summed E-state index contributed by atoms with van der Waals surface area (Å²) < 4.78 is 17.4. The van der Waals surface area contributed by atoms with Crippen LogP contribution < -0.4 is 20.5 Å². The number of hydrogen-bond acceptors (Lipinski definition) is 10. The van der Waals surface area contributed by atoms with Crippen LogP contribution in [0.4, 0.5) is 11.4 Å². The van der Waals surface area contributed by atoms with E-state index in [4.69, 9.17) is 15.2 Å². The summed E-state index contributed by atoms with van der Waals surface area (Å²) >= 11 is 0. The number of benzene rings is 2. The predicted octanol–water partition coefficient (Wildman–Crippen LogP) is 3.97. The number of imidazole rings is 1. The van der Waals surface area contributed by atoms with Crippen molar-refractivity contribution in [3.8, 4) is 40.0 Å². The van der Waals surface area contributed by atoms with E-state index in [0.717, 1.165) is 40.7 Å². The molecule has 2 aliphatic heterocycles. The summed E-state index contributed by atoms with van der Waals surface area (Å²) in [6.07, 6.45) is 11.2. The molecule has 14 heteroatoms. The third-order valence-electron chi connectivity index (χ3n) is 8.05. The molecule has 1 aliphatic carbocycles. The van der Waals surface area contributed by atoms with E-state index in [1.807, 2.05) is 62.4 Å². The molecule has 1 saturated carbocycles. The van der Waals surface area contributed by atoms with Crippen LogP contribution in [-0.4, -0.2) is 63.2 Å². The molecule has 230 valence electrons. The number of para-hydroxylation sites is 2. The fraction of sp³-hybridized carbons (Fsp3) is 0.219. The first kappa shape index (κ1) is 27.5.